The fourth-order valence-electron chi connectivity index (χ4n) is 6.44. The summed E-state index contributed by atoms with van der Waals surface area (Å²) in [4.78, 5) is 26.6. The van der Waals surface area contributed by atoms with Crippen LogP contribution in [0, 0.1) is 45.8 Å². The average Bonchev–Trinajstić information content (AvgIpc) is 2.56. The van der Waals surface area contributed by atoms with Crippen LogP contribution in [-0.4, -0.2) is 24.9 Å². The minimum absolute atomic E-state index is 0.0261. The number of nitrogens with one attached hydrogen (secondary N) is 2. The molecule has 1 fully saturated rings. The topological polar surface area (TPSA) is 58.2 Å². The molecule has 0 aromatic rings. The fourth-order valence-corrected chi connectivity index (χ4v) is 6.44. The Balaban J connectivity index is 3.50. The van der Waals surface area contributed by atoms with Crippen molar-refractivity contribution in [1.82, 2.24) is 10.6 Å². The molecule has 2 amide bonds. The third kappa shape index (κ3) is 6.99. The Morgan fingerprint density at radius 2 is 1.43 bits per heavy atom. The molecular weight excluding hydrogens is 372 g/mol. The monoisotopic (exact) mass is 422 g/mol. The Morgan fingerprint density at radius 1 is 0.867 bits per heavy atom. The van der Waals surface area contributed by atoms with Crippen molar-refractivity contribution >= 4 is 11.8 Å². The summed E-state index contributed by atoms with van der Waals surface area (Å²) in [5, 5.41) is 6.33. The fraction of sp³-hybridized carbons (Fsp3) is 0.923. The normalized spacial score (nSPS) is 28.4. The van der Waals surface area contributed by atoms with Crippen LogP contribution in [0.4, 0.5) is 0 Å². The Hall–Kier alpha value is -1.06. The van der Waals surface area contributed by atoms with Crippen molar-refractivity contribution < 1.29 is 9.59 Å². The Kier molecular flexibility index (Phi) is 9.03. The van der Waals surface area contributed by atoms with E-state index >= 15 is 0 Å². The van der Waals surface area contributed by atoms with Crippen molar-refractivity contribution in [2.45, 2.75) is 95.4 Å². The first-order valence-electron chi connectivity index (χ1n) is 12.1. The second-order valence-corrected chi connectivity index (χ2v) is 12.7. The number of hydrogen-bond donors (Lipinski definition) is 2. The van der Waals surface area contributed by atoms with Gasteiger partial charge in [0.2, 0.25) is 11.8 Å². The van der Waals surface area contributed by atoms with E-state index < -0.39 is 0 Å². The summed E-state index contributed by atoms with van der Waals surface area (Å²) in [7, 11) is 0. The van der Waals surface area contributed by atoms with Crippen LogP contribution in [-0.2, 0) is 9.59 Å². The molecule has 4 nitrogen and oxygen atoms in total. The summed E-state index contributed by atoms with van der Waals surface area (Å²) in [5.41, 5.74) is -0.284. The van der Waals surface area contributed by atoms with E-state index in [1.54, 1.807) is 0 Å². The average molecular weight is 423 g/mol. The van der Waals surface area contributed by atoms with Gasteiger partial charge >= 0.3 is 0 Å². The van der Waals surface area contributed by atoms with Gasteiger partial charge in [0.1, 0.15) is 0 Å². The van der Waals surface area contributed by atoms with Crippen LogP contribution in [0.25, 0.3) is 0 Å². The summed E-state index contributed by atoms with van der Waals surface area (Å²) in [6.07, 6.45) is 2.59. The van der Waals surface area contributed by atoms with Gasteiger partial charge in [-0.3, -0.25) is 9.59 Å². The van der Waals surface area contributed by atoms with Crippen LogP contribution < -0.4 is 10.6 Å². The minimum atomic E-state index is -0.134. The summed E-state index contributed by atoms with van der Waals surface area (Å²) < 4.78 is 0. The van der Waals surface area contributed by atoms with Gasteiger partial charge in [0, 0.05) is 24.9 Å². The molecule has 1 saturated carbocycles. The molecule has 0 spiro atoms. The predicted octanol–water partition coefficient (Wildman–Crippen LogP) is 5.66. The van der Waals surface area contributed by atoms with Crippen LogP contribution in [0.5, 0.6) is 0 Å². The van der Waals surface area contributed by atoms with E-state index in [9.17, 15) is 9.59 Å². The maximum Gasteiger partial charge on any atom is 0.223 e. The largest absolute Gasteiger partial charge is 0.356 e. The number of carbonyl (C=O) groups excluding carboxylic acids is 2. The highest BCUT2D eigenvalue weighted by molar-refractivity contribution is 5.80. The SMILES string of the molecule is CCNC(=O)C1CC(C)(C)C(C(C)C)C(C(=O)NCC(C)C)CC(C)(C)CC1(C)C. The molecule has 2 N–H and O–H groups in total. The first kappa shape index (κ1) is 27.0. The molecule has 4 heteroatoms. The number of rotatable bonds is 6. The van der Waals surface area contributed by atoms with E-state index in [4.69, 9.17) is 0 Å². The van der Waals surface area contributed by atoms with Crippen molar-refractivity contribution in [3.05, 3.63) is 0 Å². The quantitative estimate of drug-likeness (QED) is 0.580. The van der Waals surface area contributed by atoms with Gasteiger partial charge in [0.15, 0.2) is 0 Å². The van der Waals surface area contributed by atoms with Crippen molar-refractivity contribution in [3.63, 3.8) is 0 Å². The van der Waals surface area contributed by atoms with Gasteiger partial charge < -0.3 is 10.6 Å². The molecule has 1 rings (SSSR count). The first-order chi connectivity index (χ1) is 13.5. The van der Waals surface area contributed by atoms with E-state index in [1.807, 2.05) is 6.92 Å². The number of amides is 2. The minimum Gasteiger partial charge on any atom is -0.356 e. The lowest BCUT2D eigenvalue weighted by Crippen LogP contribution is -2.46. The van der Waals surface area contributed by atoms with E-state index in [0.29, 0.717) is 24.9 Å². The Labute approximate surface area is 186 Å². The van der Waals surface area contributed by atoms with E-state index in [0.717, 1.165) is 19.3 Å². The molecule has 1 aliphatic rings. The molecule has 30 heavy (non-hydrogen) atoms. The van der Waals surface area contributed by atoms with Gasteiger partial charge in [-0.1, -0.05) is 69.2 Å². The summed E-state index contributed by atoms with van der Waals surface area (Å²) in [6, 6.07) is 0. The molecule has 0 heterocycles. The third-order valence-electron chi connectivity index (χ3n) is 7.12. The lowest BCUT2D eigenvalue weighted by atomic mass is 9.60. The van der Waals surface area contributed by atoms with Gasteiger partial charge in [0.05, 0.1) is 0 Å². The maximum atomic E-state index is 13.5. The second kappa shape index (κ2) is 10.0. The summed E-state index contributed by atoms with van der Waals surface area (Å²) in [6.45, 7) is 25.7. The zero-order valence-electron chi connectivity index (χ0n) is 21.7. The molecular formula is C26H50N2O2. The molecule has 0 aromatic heterocycles. The number of hydrogen-bond acceptors (Lipinski definition) is 2. The lowest BCUT2D eigenvalue weighted by Gasteiger charge is -2.44. The van der Waals surface area contributed by atoms with Crippen LogP contribution in [0.1, 0.15) is 95.4 Å². The molecule has 3 atom stereocenters. The highest BCUT2D eigenvalue weighted by atomic mass is 16.2. The molecule has 0 bridgehead atoms. The van der Waals surface area contributed by atoms with Crippen LogP contribution >= 0.6 is 0 Å². The molecule has 0 radical (unpaired) electrons. The zero-order valence-corrected chi connectivity index (χ0v) is 21.7. The molecule has 0 saturated heterocycles. The van der Waals surface area contributed by atoms with Gasteiger partial charge in [-0.15, -0.1) is 0 Å². The highest BCUT2D eigenvalue weighted by Crippen LogP contribution is 2.54. The van der Waals surface area contributed by atoms with Crippen LogP contribution in [0.3, 0.4) is 0 Å². The molecule has 1 aliphatic carbocycles. The van der Waals surface area contributed by atoms with Crippen LogP contribution in [0.15, 0.2) is 0 Å². The molecule has 0 aliphatic heterocycles. The zero-order chi connectivity index (χ0) is 23.5. The Morgan fingerprint density at radius 3 is 1.90 bits per heavy atom. The Bertz CT molecular complexity index is 590. The van der Waals surface area contributed by atoms with E-state index in [2.05, 4.69) is 79.9 Å². The van der Waals surface area contributed by atoms with Crippen molar-refractivity contribution in [3.8, 4) is 0 Å². The maximum absolute atomic E-state index is 13.5. The van der Waals surface area contributed by atoms with Crippen molar-refractivity contribution in [1.29, 1.82) is 0 Å². The van der Waals surface area contributed by atoms with Crippen molar-refractivity contribution in [2.75, 3.05) is 13.1 Å². The predicted molar refractivity (Wildman–Crippen MR) is 127 cm³/mol. The van der Waals surface area contributed by atoms with E-state index in [1.165, 1.54) is 0 Å². The third-order valence-corrected chi connectivity index (χ3v) is 7.12. The second-order valence-electron chi connectivity index (χ2n) is 12.7. The van der Waals surface area contributed by atoms with Crippen molar-refractivity contribution in [2.24, 2.45) is 45.8 Å². The van der Waals surface area contributed by atoms with Gasteiger partial charge in [-0.05, 0) is 60.2 Å². The number of carbonyl (C=O) groups is 2. The lowest BCUT2D eigenvalue weighted by molar-refractivity contribution is -0.132. The summed E-state index contributed by atoms with van der Waals surface area (Å²) in [5.74, 6) is 1.26. The van der Waals surface area contributed by atoms with Gasteiger partial charge in [0.25, 0.3) is 0 Å². The van der Waals surface area contributed by atoms with Crippen LogP contribution in [0.2, 0.25) is 0 Å². The van der Waals surface area contributed by atoms with E-state index in [-0.39, 0.29) is 45.8 Å². The highest BCUT2D eigenvalue weighted by Gasteiger charge is 2.50. The van der Waals surface area contributed by atoms with Gasteiger partial charge in [-0.2, -0.15) is 0 Å². The smallest absolute Gasteiger partial charge is 0.223 e. The molecule has 3 unspecified atom stereocenters. The molecule has 0 aromatic carbocycles. The van der Waals surface area contributed by atoms with Gasteiger partial charge in [-0.25, -0.2) is 0 Å². The molecule has 176 valence electrons. The first-order valence-corrected chi connectivity index (χ1v) is 12.1. The summed E-state index contributed by atoms with van der Waals surface area (Å²) >= 11 is 0. The standard InChI is InChI=1S/C26H50N2O2/c1-12-27-23(30)20-14-25(8,9)21(18(4)5)19(22(29)28-15-17(2)3)13-24(6,7)16-26(20,10)11/h17-21H,12-16H2,1-11H3,(H,27,30)(H,28,29).